The number of nitrogen functional groups attached to an aromatic ring is 1. The minimum Gasteiger partial charge on any atom is -0.479 e. The van der Waals surface area contributed by atoms with Gasteiger partial charge in [0.15, 0.2) is 11.4 Å². The van der Waals surface area contributed by atoms with Crippen molar-refractivity contribution in [3.63, 3.8) is 0 Å². The topological polar surface area (TPSA) is 120 Å². The smallest absolute Gasteiger partial charge is 0.251 e. The van der Waals surface area contributed by atoms with Gasteiger partial charge in [-0.15, -0.1) is 0 Å². The van der Waals surface area contributed by atoms with Gasteiger partial charge in [-0.1, -0.05) is 12.1 Å². The van der Waals surface area contributed by atoms with E-state index < -0.39 is 0 Å². The van der Waals surface area contributed by atoms with Gasteiger partial charge in [0.2, 0.25) is 5.75 Å². The Kier molecular flexibility index (Phi) is 5.93. The fraction of sp³-hybridized carbons (Fsp3) is 0.320. The van der Waals surface area contributed by atoms with Gasteiger partial charge < -0.3 is 25.5 Å². The average Bonchev–Trinajstić information content (AvgIpc) is 3.53. The monoisotopic (exact) mass is 460 g/mol. The summed E-state index contributed by atoms with van der Waals surface area (Å²) in [6.45, 7) is 3.93. The van der Waals surface area contributed by atoms with Crippen LogP contribution in [-0.2, 0) is 0 Å². The van der Waals surface area contributed by atoms with Crippen LogP contribution < -0.4 is 21.1 Å². The van der Waals surface area contributed by atoms with Gasteiger partial charge in [-0.3, -0.25) is 9.48 Å². The van der Waals surface area contributed by atoms with Gasteiger partial charge in [0, 0.05) is 36.1 Å². The van der Waals surface area contributed by atoms with Crippen molar-refractivity contribution < 1.29 is 13.9 Å². The van der Waals surface area contributed by atoms with Crippen LogP contribution in [0.1, 0.15) is 47.8 Å². The van der Waals surface area contributed by atoms with Crippen molar-refractivity contribution >= 4 is 22.7 Å². The van der Waals surface area contributed by atoms with E-state index in [0.29, 0.717) is 22.9 Å². The van der Waals surface area contributed by atoms with Crippen LogP contribution in [0.25, 0.3) is 22.1 Å². The molecule has 0 aliphatic carbocycles. The number of furan rings is 1. The molecule has 0 saturated carbocycles. The lowest BCUT2D eigenvalue weighted by Crippen LogP contribution is -2.29. The number of fused-ring (bicyclic) bond motifs is 1. The molecule has 0 spiro atoms. The van der Waals surface area contributed by atoms with E-state index in [1.165, 1.54) is 0 Å². The second-order valence-corrected chi connectivity index (χ2v) is 8.52. The van der Waals surface area contributed by atoms with E-state index in [4.69, 9.17) is 14.9 Å². The zero-order valence-electron chi connectivity index (χ0n) is 19.2. The van der Waals surface area contributed by atoms with Gasteiger partial charge >= 0.3 is 0 Å². The van der Waals surface area contributed by atoms with E-state index in [-0.39, 0.29) is 17.8 Å². The van der Waals surface area contributed by atoms with Crippen LogP contribution in [-0.4, -0.2) is 40.8 Å². The predicted octanol–water partition coefficient (Wildman–Crippen LogP) is 3.70. The fourth-order valence-electron chi connectivity index (χ4n) is 4.36. The van der Waals surface area contributed by atoms with Gasteiger partial charge in [0.05, 0.1) is 17.6 Å². The number of ether oxygens (including phenoxy) is 1. The van der Waals surface area contributed by atoms with E-state index in [9.17, 15) is 4.79 Å². The summed E-state index contributed by atoms with van der Waals surface area (Å²) in [5.74, 6) is 0.523. The fourth-order valence-corrected chi connectivity index (χ4v) is 4.36. The number of nitrogens with two attached hydrogens (primary N) is 1. The Morgan fingerprint density at radius 3 is 2.76 bits per heavy atom. The number of hydrogen-bond donors (Lipinski definition) is 3. The first kappa shape index (κ1) is 22.0. The Morgan fingerprint density at radius 1 is 1.26 bits per heavy atom. The summed E-state index contributed by atoms with van der Waals surface area (Å²) in [5.41, 5.74) is 10.1. The molecular weight excluding hydrogens is 432 g/mol. The molecule has 1 atom stereocenters. The van der Waals surface area contributed by atoms with Crippen LogP contribution in [0.3, 0.4) is 0 Å². The third-order valence-electron chi connectivity index (χ3n) is 6.36. The van der Waals surface area contributed by atoms with Gasteiger partial charge in [0.1, 0.15) is 12.4 Å². The summed E-state index contributed by atoms with van der Waals surface area (Å²) in [5, 5.41) is 11.4. The minimum absolute atomic E-state index is 0.134. The van der Waals surface area contributed by atoms with Crippen molar-refractivity contribution in [1.82, 2.24) is 25.4 Å². The highest BCUT2D eigenvalue weighted by Crippen LogP contribution is 2.39. The number of amides is 1. The van der Waals surface area contributed by atoms with Crippen molar-refractivity contribution in [1.29, 1.82) is 0 Å². The number of carbonyl (C=O) groups is 1. The molecular formula is C25H28N6O3. The summed E-state index contributed by atoms with van der Waals surface area (Å²) in [6, 6.07) is 7.66. The molecule has 1 aliphatic rings. The van der Waals surface area contributed by atoms with Crippen molar-refractivity contribution in [3.8, 4) is 16.9 Å². The highest BCUT2D eigenvalue weighted by molar-refractivity contribution is 5.98. The van der Waals surface area contributed by atoms with E-state index in [1.54, 1.807) is 31.6 Å². The second kappa shape index (κ2) is 9.18. The van der Waals surface area contributed by atoms with E-state index in [1.807, 2.05) is 29.9 Å². The quantitative estimate of drug-likeness (QED) is 0.401. The highest BCUT2D eigenvalue weighted by atomic mass is 16.5. The Balaban J connectivity index is 1.41. The van der Waals surface area contributed by atoms with Crippen LogP contribution in [0.15, 0.2) is 53.5 Å². The number of benzene rings is 1. The van der Waals surface area contributed by atoms with Gasteiger partial charge in [0.25, 0.3) is 5.91 Å². The molecule has 4 N–H and O–H groups in total. The molecule has 0 radical (unpaired) electrons. The first-order chi connectivity index (χ1) is 16.5. The molecule has 4 heterocycles. The number of carbonyl (C=O) groups excluding carboxylic acids is 1. The molecule has 1 saturated heterocycles. The largest absolute Gasteiger partial charge is 0.479 e. The Hall–Kier alpha value is -3.85. The maximum absolute atomic E-state index is 11.8. The number of hydrogen-bond acceptors (Lipinski definition) is 7. The third kappa shape index (κ3) is 4.10. The van der Waals surface area contributed by atoms with Gasteiger partial charge in [-0.25, -0.2) is 4.98 Å². The van der Waals surface area contributed by atoms with Crippen molar-refractivity contribution in [3.05, 3.63) is 60.2 Å². The molecule has 5 rings (SSSR count). The third-order valence-corrected chi connectivity index (χ3v) is 6.36. The molecule has 0 bridgehead atoms. The molecule has 4 aromatic rings. The summed E-state index contributed by atoms with van der Waals surface area (Å²) < 4.78 is 14.2. The van der Waals surface area contributed by atoms with Gasteiger partial charge in [-0.05, 0) is 50.6 Å². The average molecular weight is 461 g/mol. The SMILES string of the molecule is CNC(=O)c1ccc(C(C)Oc2c(N)ncc3c(-c4cnn(C5CCNCC5)c4)coc23)cc1. The van der Waals surface area contributed by atoms with Crippen molar-refractivity contribution in [2.45, 2.75) is 31.9 Å². The molecule has 1 aliphatic heterocycles. The Labute approximate surface area is 197 Å². The molecule has 9 nitrogen and oxygen atoms in total. The zero-order valence-corrected chi connectivity index (χ0v) is 19.2. The van der Waals surface area contributed by atoms with Crippen LogP contribution in [0.4, 0.5) is 5.82 Å². The molecule has 34 heavy (non-hydrogen) atoms. The van der Waals surface area contributed by atoms with Crippen molar-refractivity contribution in [2.75, 3.05) is 25.9 Å². The van der Waals surface area contributed by atoms with Crippen molar-refractivity contribution in [2.24, 2.45) is 0 Å². The van der Waals surface area contributed by atoms with Crippen LogP contribution in [0.5, 0.6) is 5.75 Å². The molecule has 1 fully saturated rings. The standard InChI is InChI=1S/C25H28N6O3/c1-15(16-3-5-17(6-4-16)25(32)27-2)34-23-22-20(12-29-24(23)26)21(14-33-22)18-11-30-31(13-18)19-7-9-28-10-8-19/h3-6,11-15,19,28H,7-10H2,1-2H3,(H2,26,29)(H,27,32). The van der Waals surface area contributed by atoms with E-state index in [0.717, 1.165) is 48.0 Å². The summed E-state index contributed by atoms with van der Waals surface area (Å²) >= 11 is 0. The predicted molar refractivity (Wildman–Crippen MR) is 130 cm³/mol. The minimum atomic E-state index is -0.329. The number of nitrogens with one attached hydrogen (secondary N) is 2. The lowest BCUT2D eigenvalue weighted by atomic mass is 10.1. The van der Waals surface area contributed by atoms with Crippen LogP contribution in [0, 0.1) is 0 Å². The van der Waals surface area contributed by atoms with Gasteiger partial charge in [-0.2, -0.15) is 5.10 Å². The van der Waals surface area contributed by atoms with Crippen LogP contribution in [0.2, 0.25) is 0 Å². The summed E-state index contributed by atoms with van der Waals surface area (Å²) in [7, 11) is 1.61. The molecule has 1 aromatic carbocycles. The second-order valence-electron chi connectivity index (χ2n) is 8.52. The first-order valence-corrected chi connectivity index (χ1v) is 11.4. The maximum atomic E-state index is 11.8. The highest BCUT2D eigenvalue weighted by Gasteiger charge is 2.21. The maximum Gasteiger partial charge on any atom is 0.251 e. The lowest BCUT2D eigenvalue weighted by Gasteiger charge is -2.22. The van der Waals surface area contributed by atoms with Crippen LogP contribution >= 0.6 is 0 Å². The molecule has 176 valence electrons. The molecule has 3 aromatic heterocycles. The molecule has 9 heteroatoms. The number of anilines is 1. The van der Waals surface area contributed by atoms with E-state index in [2.05, 4.69) is 26.9 Å². The van der Waals surface area contributed by atoms with E-state index >= 15 is 0 Å². The zero-order chi connectivity index (χ0) is 23.7. The molecule has 1 unspecified atom stereocenters. The summed E-state index contributed by atoms with van der Waals surface area (Å²) in [6.07, 6.45) is 9.13. The number of piperidine rings is 1. The number of aromatic nitrogens is 3. The summed E-state index contributed by atoms with van der Waals surface area (Å²) in [4.78, 5) is 16.2. The number of pyridine rings is 1. The first-order valence-electron chi connectivity index (χ1n) is 11.4. The lowest BCUT2D eigenvalue weighted by molar-refractivity contribution is 0.0963. The number of rotatable bonds is 6. The normalized spacial score (nSPS) is 15.4. The Bertz CT molecular complexity index is 1300. The molecule has 1 amide bonds. The Morgan fingerprint density at radius 2 is 2.03 bits per heavy atom. The number of nitrogens with zero attached hydrogens (tertiary/aromatic N) is 3.